The summed E-state index contributed by atoms with van der Waals surface area (Å²) in [6.07, 6.45) is -3.81. The molecular weight excluding hydrogens is 1440 g/mol. The number of unbranched alkanes of at least 4 members (excludes halogenated alkanes) is 1. The van der Waals surface area contributed by atoms with Crippen LogP contribution in [0.15, 0.2) is 30.3 Å². The number of carboxylic acid groups (broad SMARTS) is 3. The third kappa shape index (κ3) is 36.8. The van der Waals surface area contributed by atoms with Crippen molar-refractivity contribution in [2.24, 2.45) is 46.6 Å². The van der Waals surface area contributed by atoms with E-state index in [4.69, 9.17) is 22.9 Å². The van der Waals surface area contributed by atoms with Gasteiger partial charge in [-0.25, -0.2) is 4.79 Å². The summed E-state index contributed by atoms with van der Waals surface area (Å²) >= 11 is 1.38. The maximum absolute atomic E-state index is 14.7. The summed E-state index contributed by atoms with van der Waals surface area (Å²) in [6.45, 7) is 13.1. The highest BCUT2D eigenvalue weighted by Gasteiger charge is 2.40. The molecule has 0 saturated heterocycles. The highest BCUT2D eigenvalue weighted by atomic mass is 32.2. The lowest BCUT2D eigenvalue weighted by molar-refractivity contribution is -0.143. The lowest BCUT2D eigenvalue weighted by atomic mass is 9.96. The number of primary amides is 2. The number of carbonyl (C=O) groups excluding carboxylic acids is 14. The predicted octanol–water partition coefficient (Wildman–Crippen LogP) is -4.62. The van der Waals surface area contributed by atoms with Crippen LogP contribution in [0.25, 0.3) is 0 Å². The Hall–Kier alpha value is -9.60. The molecule has 0 saturated carbocycles. The second-order valence-electron chi connectivity index (χ2n) is 27.6. The summed E-state index contributed by atoms with van der Waals surface area (Å²) in [5.41, 5.74) is 23.0. The second kappa shape index (κ2) is 50.1. The lowest BCUT2D eigenvalue weighted by Crippen LogP contribution is -2.63. The van der Waals surface area contributed by atoms with Crippen LogP contribution in [0.1, 0.15) is 158 Å². The van der Waals surface area contributed by atoms with Crippen molar-refractivity contribution in [3.8, 4) is 0 Å². The molecule has 39 heteroatoms. The van der Waals surface area contributed by atoms with Gasteiger partial charge in [0.25, 0.3) is 0 Å². The van der Waals surface area contributed by atoms with E-state index < -0.39 is 242 Å². The molecule has 25 N–H and O–H groups in total. The van der Waals surface area contributed by atoms with Gasteiger partial charge in [-0.1, -0.05) is 92.1 Å². The van der Waals surface area contributed by atoms with E-state index in [9.17, 15) is 107 Å². The fraction of sp³-hybridized carbons (Fsp3) is 0.667. The van der Waals surface area contributed by atoms with E-state index in [1.54, 1.807) is 78.1 Å². The van der Waals surface area contributed by atoms with E-state index in [2.05, 4.69) is 63.8 Å². The van der Waals surface area contributed by atoms with Gasteiger partial charge in [-0.2, -0.15) is 11.8 Å². The van der Waals surface area contributed by atoms with E-state index in [1.807, 2.05) is 0 Å². The monoisotopic (exact) mass is 1550 g/mol. The predicted molar refractivity (Wildman–Crippen MR) is 393 cm³/mol. The Labute approximate surface area is 631 Å². The zero-order valence-electron chi connectivity index (χ0n) is 62.9. The van der Waals surface area contributed by atoms with Gasteiger partial charge in [0.2, 0.25) is 82.7 Å². The van der Waals surface area contributed by atoms with Crippen molar-refractivity contribution in [1.29, 1.82) is 0 Å². The van der Waals surface area contributed by atoms with Crippen molar-refractivity contribution in [2.75, 3.05) is 25.2 Å². The van der Waals surface area contributed by atoms with Crippen LogP contribution in [0.3, 0.4) is 0 Å². The molecule has 0 spiro atoms. The van der Waals surface area contributed by atoms with Crippen LogP contribution in [0.4, 0.5) is 0 Å². The van der Waals surface area contributed by atoms with Crippen LogP contribution >= 0.6 is 11.8 Å². The van der Waals surface area contributed by atoms with Gasteiger partial charge in [-0.15, -0.1) is 0 Å². The number of carboxylic acids is 3. The van der Waals surface area contributed by atoms with Crippen LogP contribution in [0, 0.1) is 23.7 Å². The van der Waals surface area contributed by atoms with Gasteiger partial charge < -0.3 is 112 Å². The Bertz CT molecular complexity index is 3200. The van der Waals surface area contributed by atoms with Crippen molar-refractivity contribution in [3.63, 3.8) is 0 Å². The molecular formula is C69H114N16O22S. The average molecular weight is 1550 g/mol. The summed E-state index contributed by atoms with van der Waals surface area (Å²) < 4.78 is 0. The Morgan fingerprint density at radius 1 is 0.435 bits per heavy atom. The molecule has 38 nitrogen and oxygen atoms in total. The molecule has 0 aliphatic carbocycles. The molecule has 0 bridgehead atoms. The third-order valence-corrected chi connectivity index (χ3v) is 17.6. The van der Waals surface area contributed by atoms with Gasteiger partial charge in [-0.05, 0) is 112 Å². The lowest BCUT2D eigenvalue weighted by Gasteiger charge is -2.30. The van der Waals surface area contributed by atoms with Crippen LogP contribution in [0.5, 0.6) is 0 Å². The summed E-state index contributed by atoms with van der Waals surface area (Å²) in [4.78, 5) is 228. The molecule has 0 aliphatic heterocycles. The Morgan fingerprint density at radius 2 is 0.824 bits per heavy atom. The molecule has 0 heterocycles. The molecule has 1 rings (SSSR count). The normalized spacial score (nSPS) is 15.4. The number of rotatable bonds is 54. The van der Waals surface area contributed by atoms with Crippen molar-refractivity contribution in [2.45, 2.75) is 243 Å². The van der Waals surface area contributed by atoms with Crippen LogP contribution < -0.4 is 86.7 Å². The average Bonchev–Trinajstić information content (AvgIpc) is 0.850. The Morgan fingerprint density at radius 3 is 1.29 bits per heavy atom. The van der Waals surface area contributed by atoms with Gasteiger partial charge >= 0.3 is 17.9 Å². The van der Waals surface area contributed by atoms with Crippen LogP contribution in [0.2, 0.25) is 0 Å². The van der Waals surface area contributed by atoms with E-state index in [0.717, 1.165) is 6.92 Å². The number of carbonyl (C=O) groups is 17. The topological polar surface area (TPSA) is 640 Å². The molecule has 608 valence electrons. The molecule has 0 aromatic heterocycles. The summed E-state index contributed by atoms with van der Waals surface area (Å²) in [5, 5.41) is 79.5. The minimum absolute atomic E-state index is 0.0129. The van der Waals surface area contributed by atoms with E-state index in [0.29, 0.717) is 17.7 Å². The first-order chi connectivity index (χ1) is 50.6. The smallest absolute Gasteiger partial charge is 0.326 e. The largest absolute Gasteiger partial charge is 0.481 e. The first-order valence-electron chi connectivity index (χ1n) is 35.8. The zero-order valence-corrected chi connectivity index (χ0v) is 63.7. The zero-order chi connectivity index (χ0) is 82.2. The molecule has 0 radical (unpaired) electrons. The minimum Gasteiger partial charge on any atom is -0.481 e. The van der Waals surface area contributed by atoms with Gasteiger partial charge in [0.15, 0.2) is 0 Å². The maximum atomic E-state index is 14.7. The van der Waals surface area contributed by atoms with E-state index in [-0.39, 0.29) is 69.7 Å². The summed E-state index contributed by atoms with van der Waals surface area (Å²) in [7, 11) is 0. The standard InChI is InChI=1S/C69H114N16O22S/c1-11-37(8)55(67(104)77-41(19-15-16-27-70)58(95)82-49(33-86)65(102)78-45(29-34(2)3)62(99)75-42(20-23-50(72)88)60(97)81-48(69(106)107)30-35(4)5)84-61(98)43(21-24-51(73)89)76-63(100)46(31-39-17-13-12-14-18-39)80-68(105)56(38(9)87)85-66(103)54(36(6)7)83-64(101)47(32-53(92)93)79-59(96)44(22-25-52(90)91)74-57(94)40(71)26-28-108-10/h12-14,17-18,34-38,40-49,54-56,86-87H,11,15-16,19-33,70-71H2,1-10H3,(H2,72,88)(H2,73,89)(H,74,94)(H,75,99)(H,76,100)(H,77,104)(H,78,102)(H,79,96)(H,80,105)(H,81,97)(H,82,95)(H,83,101)(H,84,98)(H,85,103)(H,90,91)(H,92,93)(H,106,107)/t37-,38+,40-,41-,42-,43-,44-,45-,46-,47-,48-,49-,54-,55-,56-/m0/s1. The van der Waals surface area contributed by atoms with E-state index >= 15 is 0 Å². The molecule has 1 aromatic carbocycles. The second-order valence-corrected chi connectivity index (χ2v) is 28.5. The fourth-order valence-electron chi connectivity index (χ4n) is 10.6. The van der Waals surface area contributed by atoms with Crippen molar-refractivity contribution in [3.05, 3.63) is 35.9 Å². The van der Waals surface area contributed by atoms with E-state index in [1.165, 1.54) is 25.6 Å². The molecule has 0 fully saturated rings. The highest BCUT2D eigenvalue weighted by Crippen LogP contribution is 2.16. The molecule has 14 amide bonds. The first-order valence-corrected chi connectivity index (χ1v) is 37.2. The van der Waals surface area contributed by atoms with Gasteiger partial charge in [-0.3, -0.25) is 76.7 Å². The highest BCUT2D eigenvalue weighted by molar-refractivity contribution is 7.98. The number of benzene rings is 1. The fourth-order valence-corrected chi connectivity index (χ4v) is 11.1. The van der Waals surface area contributed by atoms with Crippen molar-refractivity contribution in [1.82, 2.24) is 63.8 Å². The molecule has 108 heavy (non-hydrogen) atoms. The van der Waals surface area contributed by atoms with Gasteiger partial charge in [0, 0.05) is 25.7 Å². The van der Waals surface area contributed by atoms with Gasteiger partial charge in [0.05, 0.1) is 25.2 Å². The number of hydrogen-bond acceptors (Lipinski definition) is 22. The SMILES string of the molecule is CC[C@H](C)[C@H](NC(=O)[C@H](CCC(N)=O)NC(=O)[C@H](Cc1ccccc1)NC(=O)[C@@H](NC(=O)[C@@H](NC(=O)[C@H](CC(=O)O)NC(=O)[C@H](CCC(=O)O)NC(=O)[C@@H](N)CCSC)C(C)C)[C@@H](C)O)C(=O)N[C@@H](CCCCN)C(=O)N[C@@H](CO)C(=O)N[C@@H](CC(C)C)C(=O)N[C@@H](CCC(N)=O)C(=O)N[C@@H](CC(C)C)C(=O)O. The molecule has 0 aliphatic rings. The van der Waals surface area contributed by atoms with Crippen LogP contribution in [-0.4, -0.2) is 236 Å². The number of nitrogens with one attached hydrogen (secondary N) is 12. The minimum atomic E-state index is -1.97. The number of aliphatic hydroxyl groups excluding tert-OH is 2. The molecule has 1 aromatic rings. The van der Waals surface area contributed by atoms with Crippen molar-refractivity contribution >= 4 is 112 Å². The van der Waals surface area contributed by atoms with Crippen molar-refractivity contribution < 1.29 is 107 Å². The number of amides is 14. The number of hydrogen-bond donors (Lipinski definition) is 21. The third-order valence-electron chi connectivity index (χ3n) is 17.0. The summed E-state index contributed by atoms with van der Waals surface area (Å²) in [5.74, 6) is -20.7. The number of aliphatic hydroxyl groups is 2. The van der Waals surface area contributed by atoms with Gasteiger partial charge in [0.1, 0.15) is 72.5 Å². The Kier molecular flexibility index (Phi) is 44.7. The number of nitrogens with two attached hydrogens (primary N) is 4. The number of thioether (sulfide) groups is 1. The quantitative estimate of drug-likeness (QED) is 0.0273. The molecule has 15 atom stereocenters. The first kappa shape index (κ1) is 96.4. The summed E-state index contributed by atoms with van der Waals surface area (Å²) in [6, 6.07) is -13.0. The number of aliphatic carboxylic acids is 3. The van der Waals surface area contributed by atoms with Crippen LogP contribution in [-0.2, 0) is 87.9 Å². The maximum Gasteiger partial charge on any atom is 0.326 e. The Balaban J connectivity index is 3.70. The molecule has 0 unspecified atom stereocenters.